The van der Waals surface area contributed by atoms with Gasteiger partial charge in [-0.05, 0) is 18.2 Å². The Hall–Kier alpha value is -1.49. The lowest BCUT2D eigenvalue weighted by Gasteiger charge is -2.01. The van der Waals surface area contributed by atoms with E-state index in [1.807, 2.05) is 0 Å². The molecule has 0 saturated heterocycles. The maximum absolute atomic E-state index is 10.8. The minimum Gasteiger partial charge on any atom is -0.478 e. The molecule has 0 aromatic heterocycles. The summed E-state index contributed by atoms with van der Waals surface area (Å²) in [5.74, 6) is -1.13. The van der Waals surface area contributed by atoms with E-state index in [-0.39, 0.29) is 17.3 Å². The smallest absolute Gasteiger partial charge is 0.335 e. The van der Waals surface area contributed by atoms with Crippen LogP contribution in [0, 0.1) is 0 Å². The van der Waals surface area contributed by atoms with Crippen molar-refractivity contribution in [2.75, 3.05) is 12.9 Å². The van der Waals surface area contributed by atoms with Crippen molar-refractivity contribution in [3.63, 3.8) is 0 Å². The molecule has 0 aliphatic carbocycles. The number of carbonyl (C=O) groups excluding carboxylic acids is 1. The van der Waals surface area contributed by atoms with Gasteiger partial charge in [0.1, 0.15) is 0 Å². The Morgan fingerprint density at radius 2 is 2.20 bits per heavy atom. The van der Waals surface area contributed by atoms with Crippen LogP contribution in [-0.2, 0) is 9.53 Å². The first-order valence-electron chi connectivity index (χ1n) is 4.16. The van der Waals surface area contributed by atoms with Crippen LogP contribution < -0.4 is 0 Å². The molecule has 0 fully saturated rings. The third-order valence-corrected chi connectivity index (χ3v) is 2.63. The van der Waals surface area contributed by atoms with E-state index in [1.165, 1.54) is 31.0 Å². The fourth-order valence-corrected chi connectivity index (χ4v) is 1.71. The van der Waals surface area contributed by atoms with Gasteiger partial charge in [0.05, 0.1) is 18.4 Å². The van der Waals surface area contributed by atoms with Crippen LogP contribution in [0.2, 0.25) is 0 Å². The number of carboxylic acids is 1. The van der Waals surface area contributed by atoms with Gasteiger partial charge in [0, 0.05) is 4.90 Å². The van der Waals surface area contributed by atoms with Crippen LogP contribution in [0.15, 0.2) is 29.2 Å². The Balaban J connectivity index is 2.66. The van der Waals surface area contributed by atoms with Gasteiger partial charge in [0.2, 0.25) is 0 Å². The van der Waals surface area contributed by atoms with Crippen molar-refractivity contribution in [2.45, 2.75) is 4.90 Å². The van der Waals surface area contributed by atoms with Gasteiger partial charge in [-0.3, -0.25) is 4.79 Å². The number of ether oxygens (including phenoxy) is 1. The van der Waals surface area contributed by atoms with Crippen molar-refractivity contribution in [2.24, 2.45) is 0 Å². The molecule has 1 rings (SSSR count). The van der Waals surface area contributed by atoms with Crippen molar-refractivity contribution < 1.29 is 19.4 Å². The quantitative estimate of drug-likeness (QED) is 0.624. The Morgan fingerprint density at radius 3 is 2.80 bits per heavy atom. The molecule has 15 heavy (non-hydrogen) atoms. The van der Waals surface area contributed by atoms with E-state index in [2.05, 4.69) is 4.74 Å². The van der Waals surface area contributed by atoms with Crippen LogP contribution in [0.1, 0.15) is 10.4 Å². The molecule has 0 aliphatic rings. The second-order valence-electron chi connectivity index (χ2n) is 2.70. The number of rotatable bonds is 4. The molecule has 5 heteroatoms. The summed E-state index contributed by atoms with van der Waals surface area (Å²) in [6.45, 7) is 0. The Kier molecular flexibility index (Phi) is 4.17. The lowest BCUT2D eigenvalue weighted by molar-refractivity contribution is -0.137. The molecule has 0 amide bonds. The van der Waals surface area contributed by atoms with E-state index in [4.69, 9.17) is 5.11 Å². The third-order valence-electron chi connectivity index (χ3n) is 1.67. The summed E-state index contributed by atoms with van der Waals surface area (Å²) in [6.07, 6.45) is 0. The highest BCUT2D eigenvalue weighted by atomic mass is 32.2. The second kappa shape index (κ2) is 5.41. The van der Waals surface area contributed by atoms with Crippen LogP contribution >= 0.6 is 11.8 Å². The summed E-state index contributed by atoms with van der Waals surface area (Å²) in [5.41, 5.74) is 0.213. The largest absolute Gasteiger partial charge is 0.478 e. The molecule has 1 aromatic rings. The van der Waals surface area contributed by atoms with Crippen LogP contribution in [0.4, 0.5) is 0 Å². The van der Waals surface area contributed by atoms with E-state index in [9.17, 15) is 9.59 Å². The monoisotopic (exact) mass is 226 g/mol. The van der Waals surface area contributed by atoms with Crippen molar-refractivity contribution >= 4 is 23.7 Å². The fourth-order valence-electron chi connectivity index (χ4n) is 0.920. The summed E-state index contributed by atoms with van der Waals surface area (Å²) < 4.78 is 4.47. The number of aromatic carboxylic acids is 1. The Labute approximate surface area is 91.2 Å². The molecule has 0 bridgehead atoms. The second-order valence-corrected chi connectivity index (χ2v) is 3.75. The lowest BCUT2D eigenvalue weighted by Crippen LogP contribution is -2.03. The van der Waals surface area contributed by atoms with E-state index in [0.29, 0.717) is 0 Å². The normalized spacial score (nSPS) is 9.67. The van der Waals surface area contributed by atoms with E-state index >= 15 is 0 Å². The van der Waals surface area contributed by atoms with Crippen molar-refractivity contribution in [3.05, 3.63) is 29.8 Å². The van der Waals surface area contributed by atoms with Gasteiger partial charge in [-0.2, -0.15) is 0 Å². The molecule has 4 nitrogen and oxygen atoms in total. The standard InChI is InChI=1S/C10H10O4S/c1-14-9(11)6-15-8-4-2-3-7(5-8)10(12)13/h2-5H,6H2,1H3,(H,12,13). The van der Waals surface area contributed by atoms with Gasteiger partial charge >= 0.3 is 11.9 Å². The highest BCUT2D eigenvalue weighted by Crippen LogP contribution is 2.19. The maximum atomic E-state index is 10.8. The Bertz CT molecular complexity index is 375. The first-order chi connectivity index (χ1) is 7.13. The van der Waals surface area contributed by atoms with Crippen molar-refractivity contribution in [3.8, 4) is 0 Å². The number of carboxylic acid groups (broad SMARTS) is 1. The zero-order valence-electron chi connectivity index (χ0n) is 8.10. The van der Waals surface area contributed by atoms with Gasteiger partial charge < -0.3 is 9.84 Å². The van der Waals surface area contributed by atoms with Crippen LogP contribution in [-0.4, -0.2) is 29.9 Å². The fraction of sp³-hybridized carbons (Fsp3) is 0.200. The molecule has 1 N–H and O–H groups in total. The number of esters is 1. The zero-order valence-corrected chi connectivity index (χ0v) is 8.91. The van der Waals surface area contributed by atoms with Crippen LogP contribution in [0.3, 0.4) is 0 Å². The first-order valence-corrected chi connectivity index (χ1v) is 5.15. The molecular formula is C10H10O4S. The summed E-state index contributed by atoms with van der Waals surface area (Å²) >= 11 is 1.25. The molecule has 1 aromatic carbocycles. The molecule has 0 heterocycles. The molecular weight excluding hydrogens is 216 g/mol. The van der Waals surface area contributed by atoms with Gasteiger partial charge in [-0.25, -0.2) is 4.79 Å². The zero-order chi connectivity index (χ0) is 11.3. The van der Waals surface area contributed by atoms with E-state index in [1.54, 1.807) is 12.1 Å². The molecule has 0 aliphatic heterocycles. The SMILES string of the molecule is COC(=O)CSc1cccc(C(=O)O)c1. The molecule has 0 saturated carbocycles. The average Bonchev–Trinajstić information content (AvgIpc) is 2.26. The average molecular weight is 226 g/mol. The number of hydrogen-bond acceptors (Lipinski definition) is 4. The van der Waals surface area contributed by atoms with Gasteiger partial charge in [0.15, 0.2) is 0 Å². The first kappa shape index (κ1) is 11.6. The number of hydrogen-bond donors (Lipinski definition) is 1. The summed E-state index contributed by atoms with van der Waals surface area (Å²) in [7, 11) is 1.32. The molecule has 0 spiro atoms. The molecule has 80 valence electrons. The third kappa shape index (κ3) is 3.63. The van der Waals surface area contributed by atoms with Gasteiger partial charge in [0.25, 0.3) is 0 Å². The maximum Gasteiger partial charge on any atom is 0.335 e. The van der Waals surface area contributed by atoms with E-state index in [0.717, 1.165) is 4.90 Å². The highest BCUT2D eigenvalue weighted by Gasteiger charge is 2.05. The van der Waals surface area contributed by atoms with E-state index < -0.39 is 5.97 Å². The number of thioether (sulfide) groups is 1. The van der Waals surface area contributed by atoms with Crippen molar-refractivity contribution in [1.29, 1.82) is 0 Å². The van der Waals surface area contributed by atoms with Gasteiger partial charge in [-0.15, -0.1) is 11.8 Å². The van der Waals surface area contributed by atoms with Crippen molar-refractivity contribution in [1.82, 2.24) is 0 Å². The summed E-state index contributed by atoms with van der Waals surface area (Å²) in [6, 6.07) is 6.42. The number of methoxy groups -OCH3 is 1. The minimum atomic E-state index is -0.976. The predicted molar refractivity (Wildman–Crippen MR) is 56.1 cm³/mol. The number of carbonyl (C=O) groups is 2. The molecule has 0 atom stereocenters. The minimum absolute atomic E-state index is 0.180. The lowest BCUT2D eigenvalue weighted by atomic mass is 10.2. The van der Waals surface area contributed by atoms with Crippen LogP contribution in [0.5, 0.6) is 0 Å². The van der Waals surface area contributed by atoms with Gasteiger partial charge in [-0.1, -0.05) is 6.07 Å². The molecule has 0 radical (unpaired) electrons. The Morgan fingerprint density at radius 1 is 1.47 bits per heavy atom. The van der Waals surface area contributed by atoms with Crippen LogP contribution in [0.25, 0.3) is 0 Å². The predicted octanol–water partition coefficient (Wildman–Crippen LogP) is 1.65. The summed E-state index contributed by atoms with van der Waals surface area (Å²) in [5, 5.41) is 8.73. The molecule has 0 unspecified atom stereocenters. The highest BCUT2D eigenvalue weighted by molar-refractivity contribution is 8.00. The topological polar surface area (TPSA) is 63.6 Å². The summed E-state index contributed by atoms with van der Waals surface area (Å²) in [4.78, 5) is 22.2. The number of benzene rings is 1.